The maximum Gasteiger partial charge on any atom is 0.258 e. The molecule has 1 aromatic heterocycles. The van der Waals surface area contributed by atoms with Crippen LogP contribution in [-0.2, 0) is 13.1 Å². The summed E-state index contributed by atoms with van der Waals surface area (Å²) in [6.07, 6.45) is 3.16. The molecule has 0 aliphatic heterocycles. The maximum absolute atomic E-state index is 13.0. The van der Waals surface area contributed by atoms with Gasteiger partial charge in [0, 0.05) is 18.5 Å². The van der Waals surface area contributed by atoms with E-state index in [0.717, 1.165) is 19.3 Å². The number of nitrogens with zero attached hydrogens (tertiary/aromatic N) is 1. The van der Waals surface area contributed by atoms with Gasteiger partial charge in [0.05, 0.1) is 27.7 Å². The number of aromatic nitrogens is 1. The highest BCUT2D eigenvalue weighted by Gasteiger charge is 2.19. The molecule has 0 saturated carbocycles. The molecule has 6 heteroatoms. The van der Waals surface area contributed by atoms with E-state index in [0.29, 0.717) is 51.3 Å². The summed E-state index contributed by atoms with van der Waals surface area (Å²) in [5.74, 6) is 0.948. The van der Waals surface area contributed by atoms with Gasteiger partial charge in [-0.3, -0.25) is 4.79 Å². The molecule has 0 atom stereocenters. The first-order valence-corrected chi connectivity index (χ1v) is 9.53. The first kappa shape index (κ1) is 20.1. The molecule has 2 N–H and O–H groups in total. The van der Waals surface area contributed by atoms with Crippen molar-refractivity contribution < 1.29 is 4.74 Å². The highest BCUT2D eigenvalue weighted by molar-refractivity contribution is 6.42. The van der Waals surface area contributed by atoms with Gasteiger partial charge in [0.2, 0.25) is 0 Å². The van der Waals surface area contributed by atoms with Gasteiger partial charge in [0.25, 0.3) is 5.56 Å². The first-order valence-electron chi connectivity index (χ1n) is 8.77. The summed E-state index contributed by atoms with van der Waals surface area (Å²) in [5.41, 5.74) is 6.59. The van der Waals surface area contributed by atoms with Crippen LogP contribution in [-0.4, -0.2) is 11.2 Å². The smallest absolute Gasteiger partial charge is 0.258 e. The van der Waals surface area contributed by atoms with Gasteiger partial charge in [-0.25, -0.2) is 0 Å². The zero-order valence-corrected chi connectivity index (χ0v) is 16.6. The van der Waals surface area contributed by atoms with E-state index in [1.165, 1.54) is 0 Å². The number of unbranched alkanes of at least 4 members (excludes halogenated alkanes) is 2. The van der Waals surface area contributed by atoms with Crippen LogP contribution >= 0.6 is 23.2 Å². The van der Waals surface area contributed by atoms with Crippen molar-refractivity contribution in [1.82, 2.24) is 4.57 Å². The number of fused-ring (bicyclic) bond motifs is 1. The van der Waals surface area contributed by atoms with Crippen molar-refractivity contribution in [2.75, 3.05) is 6.61 Å². The molecule has 25 heavy (non-hydrogen) atoms. The molecule has 0 aliphatic rings. The third-order valence-electron chi connectivity index (χ3n) is 4.10. The Bertz CT molecular complexity index is 800. The standard InChI is InChI=1S/C19H26Cl2N2O2/c1-4-5-6-7-25-18-13-8-15(20)16(21)9-14(13)19(24)23(11-12(2)3)17(18)10-22/h8-9,12H,4-7,10-11,22H2,1-3H3. The molecule has 4 nitrogen and oxygen atoms in total. The Balaban J connectivity index is 2.68. The average molecular weight is 385 g/mol. The van der Waals surface area contributed by atoms with Gasteiger partial charge in [-0.15, -0.1) is 0 Å². The predicted molar refractivity (Wildman–Crippen MR) is 106 cm³/mol. The lowest BCUT2D eigenvalue weighted by molar-refractivity contribution is 0.301. The first-order chi connectivity index (χ1) is 11.9. The van der Waals surface area contributed by atoms with Crippen molar-refractivity contribution in [2.24, 2.45) is 11.7 Å². The molecule has 138 valence electrons. The maximum atomic E-state index is 13.0. The monoisotopic (exact) mass is 384 g/mol. The lowest BCUT2D eigenvalue weighted by Crippen LogP contribution is -2.28. The van der Waals surface area contributed by atoms with E-state index in [1.54, 1.807) is 16.7 Å². The Morgan fingerprint density at radius 2 is 1.80 bits per heavy atom. The Hall–Kier alpha value is -1.23. The topological polar surface area (TPSA) is 57.2 Å². The normalized spacial score (nSPS) is 11.5. The summed E-state index contributed by atoms with van der Waals surface area (Å²) < 4.78 is 7.79. The van der Waals surface area contributed by atoms with Crippen LogP contribution in [0.5, 0.6) is 5.75 Å². The van der Waals surface area contributed by atoms with E-state index in [9.17, 15) is 4.79 Å². The van der Waals surface area contributed by atoms with Gasteiger partial charge < -0.3 is 15.0 Å². The minimum Gasteiger partial charge on any atom is -0.491 e. The minimum atomic E-state index is -0.108. The molecule has 1 aromatic carbocycles. The number of rotatable bonds is 8. The van der Waals surface area contributed by atoms with E-state index in [4.69, 9.17) is 33.7 Å². The lowest BCUT2D eigenvalue weighted by Gasteiger charge is -2.20. The summed E-state index contributed by atoms with van der Waals surface area (Å²) in [4.78, 5) is 13.0. The second kappa shape index (κ2) is 8.93. The van der Waals surface area contributed by atoms with Gasteiger partial charge >= 0.3 is 0 Å². The quantitative estimate of drug-likeness (QED) is 0.651. The Morgan fingerprint density at radius 3 is 2.36 bits per heavy atom. The molecule has 0 amide bonds. The molecular formula is C19H26Cl2N2O2. The van der Waals surface area contributed by atoms with Crippen molar-refractivity contribution in [3.63, 3.8) is 0 Å². The molecule has 0 bridgehead atoms. The van der Waals surface area contributed by atoms with Gasteiger partial charge in [-0.05, 0) is 24.5 Å². The van der Waals surface area contributed by atoms with E-state index in [1.807, 2.05) is 0 Å². The Labute approximate surface area is 158 Å². The zero-order chi connectivity index (χ0) is 18.6. The predicted octanol–water partition coefficient (Wildman–Crippen LogP) is 4.99. The van der Waals surface area contributed by atoms with Crippen molar-refractivity contribution in [1.29, 1.82) is 0 Å². The number of nitrogens with two attached hydrogens (primary N) is 1. The van der Waals surface area contributed by atoms with Crippen molar-refractivity contribution in [3.05, 3.63) is 38.2 Å². The SMILES string of the molecule is CCCCCOc1c(CN)n(CC(C)C)c(=O)c2cc(Cl)c(Cl)cc12. The summed E-state index contributed by atoms with van der Waals surface area (Å²) in [7, 11) is 0. The van der Waals surface area contributed by atoms with Gasteiger partial charge in [0.15, 0.2) is 0 Å². The molecule has 2 aromatic rings. The van der Waals surface area contributed by atoms with Crippen LogP contribution in [0.1, 0.15) is 45.7 Å². The van der Waals surface area contributed by atoms with Crippen LogP contribution in [0.25, 0.3) is 10.8 Å². The van der Waals surface area contributed by atoms with Crippen molar-refractivity contribution >= 4 is 34.0 Å². The molecular weight excluding hydrogens is 359 g/mol. The average Bonchev–Trinajstić information content (AvgIpc) is 2.56. The zero-order valence-electron chi connectivity index (χ0n) is 15.1. The van der Waals surface area contributed by atoms with E-state index in [2.05, 4.69) is 20.8 Å². The van der Waals surface area contributed by atoms with Gasteiger partial charge in [0.1, 0.15) is 5.75 Å². The molecule has 0 radical (unpaired) electrons. The summed E-state index contributed by atoms with van der Waals surface area (Å²) in [6, 6.07) is 3.33. The second-order valence-corrected chi connectivity index (χ2v) is 7.47. The fourth-order valence-corrected chi connectivity index (χ4v) is 3.23. The van der Waals surface area contributed by atoms with Crippen LogP contribution in [0.4, 0.5) is 0 Å². The van der Waals surface area contributed by atoms with Gasteiger partial charge in [-0.1, -0.05) is 56.8 Å². The highest BCUT2D eigenvalue weighted by Crippen LogP contribution is 2.34. The number of benzene rings is 1. The van der Waals surface area contributed by atoms with Crippen LogP contribution in [0.3, 0.4) is 0 Å². The Morgan fingerprint density at radius 1 is 1.16 bits per heavy atom. The second-order valence-electron chi connectivity index (χ2n) is 6.66. The minimum absolute atomic E-state index is 0.108. The third-order valence-corrected chi connectivity index (χ3v) is 4.83. The fraction of sp³-hybridized carbons (Fsp3) is 0.526. The number of halogens is 2. The third kappa shape index (κ3) is 4.49. The molecule has 0 spiro atoms. The molecule has 0 unspecified atom stereocenters. The van der Waals surface area contributed by atoms with Crippen LogP contribution in [0.2, 0.25) is 10.0 Å². The van der Waals surface area contributed by atoms with Crippen LogP contribution < -0.4 is 16.0 Å². The fourth-order valence-electron chi connectivity index (χ4n) is 2.91. The molecule has 1 heterocycles. The van der Waals surface area contributed by atoms with E-state index in [-0.39, 0.29) is 12.1 Å². The largest absolute Gasteiger partial charge is 0.491 e. The van der Waals surface area contributed by atoms with E-state index < -0.39 is 0 Å². The number of hydrogen-bond acceptors (Lipinski definition) is 3. The number of hydrogen-bond donors (Lipinski definition) is 1. The van der Waals surface area contributed by atoms with Gasteiger partial charge in [-0.2, -0.15) is 0 Å². The van der Waals surface area contributed by atoms with Crippen molar-refractivity contribution in [2.45, 2.75) is 53.1 Å². The van der Waals surface area contributed by atoms with Crippen LogP contribution in [0.15, 0.2) is 16.9 Å². The molecule has 2 rings (SSSR count). The summed E-state index contributed by atoms with van der Waals surface area (Å²) >= 11 is 12.3. The highest BCUT2D eigenvalue weighted by atomic mass is 35.5. The van der Waals surface area contributed by atoms with Crippen molar-refractivity contribution in [3.8, 4) is 5.75 Å². The summed E-state index contributed by atoms with van der Waals surface area (Å²) in [6.45, 7) is 7.65. The van der Waals surface area contributed by atoms with Crippen LogP contribution in [0, 0.1) is 5.92 Å². The molecule has 0 aliphatic carbocycles. The molecule has 0 fully saturated rings. The lowest BCUT2D eigenvalue weighted by atomic mass is 10.1. The molecule has 0 saturated heterocycles. The summed E-state index contributed by atoms with van der Waals surface area (Å²) in [5, 5.41) is 1.95. The Kier molecular flexibility index (Phi) is 7.17. The number of ether oxygens (including phenoxy) is 1. The van der Waals surface area contributed by atoms with E-state index >= 15 is 0 Å². The number of pyridine rings is 1.